The van der Waals surface area contributed by atoms with Gasteiger partial charge in [0.2, 0.25) is 0 Å². The number of hydrogen-bond donors (Lipinski definition) is 2. The molecule has 6 nitrogen and oxygen atoms in total. The van der Waals surface area contributed by atoms with E-state index in [1.807, 2.05) is 7.05 Å². The molecule has 1 unspecified atom stereocenters. The van der Waals surface area contributed by atoms with Gasteiger partial charge in [-0.1, -0.05) is 30.3 Å². The monoisotopic (exact) mass is 390 g/mol. The van der Waals surface area contributed by atoms with Crippen molar-refractivity contribution in [3.05, 3.63) is 35.9 Å². The summed E-state index contributed by atoms with van der Waals surface area (Å²) in [4.78, 5) is 6.70. The molecule has 158 valence electrons. The molecule has 0 amide bonds. The average molecular weight is 391 g/mol. The topological polar surface area (TPSA) is 58.1 Å². The van der Waals surface area contributed by atoms with Crippen molar-refractivity contribution in [3.8, 4) is 0 Å². The molecule has 1 aromatic rings. The molecule has 0 saturated carbocycles. The molecule has 6 heteroatoms. The van der Waals surface area contributed by atoms with Crippen LogP contribution >= 0.6 is 0 Å². The maximum Gasteiger partial charge on any atom is 0.190 e. The first-order valence-electron chi connectivity index (χ1n) is 10.6. The maximum absolute atomic E-state index is 5.90. The standard InChI is InChI=1S/C22H38N4O2/c1-19(26(3)18-20-8-5-4-6-9-20)10-14-25-22(23-2)24-13-7-15-28-21-11-16-27-17-12-21/h4-6,8-9,19,21H,7,10-18H2,1-3H3,(H2,23,24,25). The highest BCUT2D eigenvalue weighted by Gasteiger charge is 2.13. The van der Waals surface area contributed by atoms with Crippen LogP contribution in [0.15, 0.2) is 35.3 Å². The Hall–Kier alpha value is -1.63. The Morgan fingerprint density at radius 2 is 1.93 bits per heavy atom. The molecule has 1 heterocycles. The quantitative estimate of drug-likeness (QED) is 0.346. The molecule has 0 spiro atoms. The molecule has 0 aromatic heterocycles. The SMILES string of the molecule is CN=C(NCCCOC1CCOCC1)NCCC(C)N(C)Cc1ccccc1. The summed E-state index contributed by atoms with van der Waals surface area (Å²) in [7, 11) is 4.00. The number of nitrogens with zero attached hydrogens (tertiary/aromatic N) is 2. The van der Waals surface area contributed by atoms with Crippen molar-refractivity contribution < 1.29 is 9.47 Å². The van der Waals surface area contributed by atoms with Crippen LogP contribution in [0.4, 0.5) is 0 Å². The summed E-state index contributed by atoms with van der Waals surface area (Å²) in [6.07, 6.45) is 4.47. The molecule has 1 fully saturated rings. The van der Waals surface area contributed by atoms with E-state index in [1.54, 1.807) is 0 Å². The van der Waals surface area contributed by atoms with Crippen molar-refractivity contribution in [1.82, 2.24) is 15.5 Å². The van der Waals surface area contributed by atoms with E-state index in [0.29, 0.717) is 12.1 Å². The van der Waals surface area contributed by atoms with E-state index in [2.05, 4.69) is 64.8 Å². The van der Waals surface area contributed by atoms with Crippen molar-refractivity contribution in [2.24, 2.45) is 4.99 Å². The van der Waals surface area contributed by atoms with Crippen LogP contribution in [0.5, 0.6) is 0 Å². The molecule has 0 aliphatic carbocycles. The molecule has 1 aliphatic rings. The smallest absolute Gasteiger partial charge is 0.190 e. The molecule has 0 radical (unpaired) electrons. The number of aliphatic imine (C=N–C) groups is 1. The van der Waals surface area contributed by atoms with Crippen LogP contribution in [0.2, 0.25) is 0 Å². The summed E-state index contributed by atoms with van der Waals surface area (Å²) >= 11 is 0. The van der Waals surface area contributed by atoms with Gasteiger partial charge in [-0.2, -0.15) is 0 Å². The van der Waals surface area contributed by atoms with Gasteiger partial charge in [-0.05, 0) is 45.2 Å². The van der Waals surface area contributed by atoms with Gasteiger partial charge in [-0.25, -0.2) is 0 Å². The van der Waals surface area contributed by atoms with Gasteiger partial charge in [-0.3, -0.25) is 9.89 Å². The second-order valence-electron chi connectivity index (χ2n) is 7.50. The first-order chi connectivity index (χ1) is 13.7. The summed E-state index contributed by atoms with van der Waals surface area (Å²) in [5, 5.41) is 6.78. The van der Waals surface area contributed by atoms with Crippen LogP contribution in [-0.4, -0.2) is 70.0 Å². The Morgan fingerprint density at radius 3 is 2.64 bits per heavy atom. The van der Waals surface area contributed by atoms with Crippen molar-refractivity contribution >= 4 is 5.96 Å². The van der Waals surface area contributed by atoms with Gasteiger partial charge in [-0.15, -0.1) is 0 Å². The van der Waals surface area contributed by atoms with E-state index >= 15 is 0 Å². The Morgan fingerprint density at radius 1 is 1.21 bits per heavy atom. The van der Waals surface area contributed by atoms with Crippen LogP contribution in [-0.2, 0) is 16.0 Å². The fourth-order valence-corrected chi connectivity index (χ4v) is 3.24. The highest BCUT2D eigenvalue weighted by Crippen LogP contribution is 2.10. The predicted octanol–water partition coefficient (Wildman–Crippen LogP) is 2.65. The zero-order valence-electron chi connectivity index (χ0n) is 17.8. The van der Waals surface area contributed by atoms with E-state index < -0.39 is 0 Å². The summed E-state index contributed by atoms with van der Waals surface area (Å²) < 4.78 is 11.3. The Bertz CT molecular complexity index is 547. The number of ether oxygens (including phenoxy) is 2. The Balaban J connectivity index is 1.53. The van der Waals surface area contributed by atoms with Gasteiger partial charge in [0.15, 0.2) is 5.96 Å². The number of nitrogens with one attached hydrogen (secondary N) is 2. The van der Waals surface area contributed by atoms with E-state index in [-0.39, 0.29) is 0 Å². The lowest BCUT2D eigenvalue weighted by Gasteiger charge is -2.25. The Kier molecular flexibility index (Phi) is 10.9. The van der Waals surface area contributed by atoms with Crippen molar-refractivity contribution in [2.75, 3.05) is 47.0 Å². The lowest BCUT2D eigenvalue weighted by Crippen LogP contribution is -2.40. The van der Waals surface area contributed by atoms with Crippen LogP contribution in [0.25, 0.3) is 0 Å². The maximum atomic E-state index is 5.90. The summed E-state index contributed by atoms with van der Waals surface area (Å²) in [6, 6.07) is 11.1. The fourth-order valence-electron chi connectivity index (χ4n) is 3.24. The molecule has 1 aromatic carbocycles. The molecule has 2 N–H and O–H groups in total. The molecule has 1 atom stereocenters. The lowest BCUT2D eigenvalue weighted by atomic mass is 10.1. The molecular weight excluding hydrogens is 352 g/mol. The van der Waals surface area contributed by atoms with E-state index in [9.17, 15) is 0 Å². The molecular formula is C22H38N4O2. The highest BCUT2D eigenvalue weighted by atomic mass is 16.5. The van der Waals surface area contributed by atoms with E-state index in [1.165, 1.54) is 5.56 Å². The minimum atomic E-state index is 0.376. The van der Waals surface area contributed by atoms with Gasteiger partial charge in [0.05, 0.1) is 6.10 Å². The second-order valence-corrected chi connectivity index (χ2v) is 7.50. The highest BCUT2D eigenvalue weighted by molar-refractivity contribution is 5.79. The molecule has 28 heavy (non-hydrogen) atoms. The fraction of sp³-hybridized carbons (Fsp3) is 0.682. The van der Waals surface area contributed by atoms with Crippen molar-refractivity contribution in [2.45, 2.75) is 51.3 Å². The Labute approximate surface area is 170 Å². The van der Waals surface area contributed by atoms with Crippen LogP contribution in [0.3, 0.4) is 0 Å². The predicted molar refractivity (Wildman–Crippen MR) is 116 cm³/mol. The van der Waals surface area contributed by atoms with E-state index in [0.717, 1.165) is 71.1 Å². The third-order valence-electron chi connectivity index (χ3n) is 5.24. The number of hydrogen-bond acceptors (Lipinski definition) is 4. The molecule has 1 aliphatic heterocycles. The van der Waals surface area contributed by atoms with Crippen LogP contribution in [0.1, 0.15) is 38.2 Å². The van der Waals surface area contributed by atoms with Gasteiger partial charge in [0.25, 0.3) is 0 Å². The third kappa shape index (κ3) is 9.04. The summed E-state index contributed by atoms with van der Waals surface area (Å²) in [5.74, 6) is 0.865. The first-order valence-corrected chi connectivity index (χ1v) is 10.6. The van der Waals surface area contributed by atoms with Gasteiger partial charge >= 0.3 is 0 Å². The normalized spacial score (nSPS) is 16.9. The first kappa shape index (κ1) is 22.7. The van der Waals surface area contributed by atoms with Crippen molar-refractivity contribution in [3.63, 3.8) is 0 Å². The summed E-state index contributed by atoms with van der Waals surface area (Å²) in [5.41, 5.74) is 1.35. The minimum Gasteiger partial charge on any atom is -0.381 e. The zero-order valence-corrected chi connectivity index (χ0v) is 17.8. The molecule has 1 saturated heterocycles. The lowest BCUT2D eigenvalue weighted by molar-refractivity contribution is -0.0320. The number of guanidine groups is 1. The average Bonchev–Trinajstić information content (AvgIpc) is 2.73. The van der Waals surface area contributed by atoms with Crippen molar-refractivity contribution in [1.29, 1.82) is 0 Å². The second kappa shape index (κ2) is 13.5. The zero-order chi connectivity index (χ0) is 20.0. The number of benzene rings is 1. The van der Waals surface area contributed by atoms with Gasteiger partial charge in [0, 0.05) is 52.5 Å². The van der Waals surface area contributed by atoms with E-state index in [4.69, 9.17) is 9.47 Å². The van der Waals surface area contributed by atoms with Gasteiger partial charge < -0.3 is 20.1 Å². The minimum absolute atomic E-state index is 0.376. The third-order valence-corrected chi connectivity index (χ3v) is 5.24. The van der Waals surface area contributed by atoms with Crippen LogP contribution < -0.4 is 10.6 Å². The number of rotatable bonds is 11. The van der Waals surface area contributed by atoms with Crippen LogP contribution in [0, 0.1) is 0 Å². The summed E-state index contributed by atoms with van der Waals surface area (Å²) in [6.45, 7) is 7.47. The molecule has 0 bridgehead atoms. The van der Waals surface area contributed by atoms with Gasteiger partial charge in [0.1, 0.15) is 0 Å². The largest absolute Gasteiger partial charge is 0.381 e. The molecule has 2 rings (SSSR count).